The molecule has 4 rings (SSSR count). The molecule has 0 saturated heterocycles. The fraction of sp³-hybridized carbons (Fsp3) is 0.450. The van der Waals surface area contributed by atoms with Crippen LogP contribution in [0.25, 0.3) is 16.7 Å². The number of fused-ring (bicyclic) bond motifs is 3. The molecule has 4 aromatic rings. The predicted molar refractivity (Wildman–Crippen MR) is 112 cm³/mol. The Bertz CT molecular complexity index is 1180. The number of hydrogen-bond acceptors (Lipinski definition) is 7. The predicted octanol–water partition coefficient (Wildman–Crippen LogP) is 3.86. The summed E-state index contributed by atoms with van der Waals surface area (Å²) < 4.78 is 9.02. The van der Waals surface area contributed by atoms with E-state index in [1.165, 1.54) is 11.8 Å². The molecule has 0 fully saturated rings. The first-order valence-electron chi connectivity index (χ1n) is 10.0. The van der Waals surface area contributed by atoms with E-state index in [0.29, 0.717) is 34.5 Å². The number of hydrogen-bond donors (Lipinski definition) is 0. The third kappa shape index (κ3) is 3.91. The Morgan fingerprint density at radius 2 is 1.97 bits per heavy atom. The van der Waals surface area contributed by atoms with Crippen molar-refractivity contribution in [2.45, 2.75) is 63.4 Å². The zero-order valence-electron chi connectivity index (χ0n) is 16.7. The molecular formula is C20H24N6O2S. The van der Waals surface area contributed by atoms with E-state index >= 15 is 0 Å². The van der Waals surface area contributed by atoms with Gasteiger partial charge >= 0.3 is 0 Å². The number of para-hydroxylation sites is 1. The van der Waals surface area contributed by atoms with E-state index < -0.39 is 0 Å². The fourth-order valence-electron chi connectivity index (χ4n) is 3.35. The number of unbranched alkanes of at least 4 members (excludes halogenated alkanes) is 2. The third-order valence-corrected chi connectivity index (χ3v) is 5.69. The second-order valence-corrected chi connectivity index (χ2v) is 7.88. The summed E-state index contributed by atoms with van der Waals surface area (Å²) in [5, 5.41) is 14.1. The minimum atomic E-state index is -0.0192. The fourth-order valence-corrected chi connectivity index (χ4v) is 4.13. The first kappa shape index (κ1) is 19.6. The van der Waals surface area contributed by atoms with E-state index in [9.17, 15) is 4.79 Å². The molecule has 3 aromatic heterocycles. The van der Waals surface area contributed by atoms with E-state index in [-0.39, 0.29) is 5.56 Å². The molecule has 0 aliphatic heterocycles. The van der Waals surface area contributed by atoms with Crippen LogP contribution < -0.4 is 5.56 Å². The Balaban J connectivity index is 1.72. The molecule has 0 aliphatic rings. The molecule has 29 heavy (non-hydrogen) atoms. The van der Waals surface area contributed by atoms with Gasteiger partial charge in [0.15, 0.2) is 11.0 Å². The number of nitrogens with zero attached hydrogens (tertiary/aromatic N) is 6. The Hall–Kier alpha value is -2.68. The van der Waals surface area contributed by atoms with E-state index in [4.69, 9.17) is 4.52 Å². The van der Waals surface area contributed by atoms with Crippen LogP contribution in [0.2, 0.25) is 0 Å². The van der Waals surface area contributed by atoms with Crippen LogP contribution in [-0.2, 0) is 18.7 Å². The van der Waals surface area contributed by atoms with Crippen LogP contribution in [-0.4, -0.2) is 29.3 Å². The van der Waals surface area contributed by atoms with E-state index in [2.05, 4.69) is 34.2 Å². The van der Waals surface area contributed by atoms with Crippen LogP contribution in [0, 0.1) is 0 Å². The molecule has 3 heterocycles. The van der Waals surface area contributed by atoms with Crippen molar-refractivity contribution >= 4 is 28.4 Å². The van der Waals surface area contributed by atoms with Gasteiger partial charge in [0.2, 0.25) is 11.7 Å². The smallest absolute Gasteiger partial charge is 0.262 e. The van der Waals surface area contributed by atoms with E-state index in [0.717, 1.165) is 43.4 Å². The number of aromatic nitrogens is 6. The van der Waals surface area contributed by atoms with Crippen LogP contribution in [0.3, 0.4) is 0 Å². The highest BCUT2D eigenvalue weighted by molar-refractivity contribution is 7.98. The summed E-state index contributed by atoms with van der Waals surface area (Å²) in [7, 11) is 0. The highest BCUT2D eigenvalue weighted by atomic mass is 32.2. The molecule has 0 spiro atoms. The Morgan fingerprint density at radius 3 is 2.79 bits per heavy atom. The molecule has 1 aromatic carbocycles. The zero-order chi connectivity index (χ0) is 20.2. The molecular weight excluding hydrogens is 388 g/mol. The van der Waals surface area contributed by atoms with Crippen molar-refractivity contribution in [3.8, 4) is 0 Å². The molecule has 0 saturated carbocycles. The summed E-state index contributed by atoms with van der Waals surface area (Å²) in [6.45, 7) is 4.86. The van der Waals surface area contributed by atoms with Crippen LogP contribution in [0.15, 0.2) is 38.7 Å². The molecule has 0 N–H and O–H groups in total. The molecule has 0 radical (unpaired) electrons. The van der Waals surface area contributed by atoms with Crippen LogP contribution in [0.5, 0.6) is 0 Å². The zero-order valence-corrected chi connectivity index (χ0v) is 17.5. The van der Waals surface area contributed by atoms with Crippen molar-refractivity contribution in [2.75, 3.05) is 0 Å². The van der Waals surface area contributed by atoms with Crippen molar-refractivity contribution in [3.05, 3.63) is 46.3 Å². The summed E-state index contributed by atoms with van der Waals surface area (Å²) >= 11 is 1.48. The lowest BCUT2D eigenvalue weighted by Crippen LogP contribution is -2.23. The van der Waals surface area contributed by atoms with Gasteiger partial charge in [0.1, 0.15) is 0 Å². The molecule has 0 atom stereocenters. The van der Waals surface area contributed by atoms with Crippen LogP contribution in [0.1, 0.15) is 51.2 Å². The van der Waals surface area contributed by atoms with Gasteiger partial charge in [-0.15, -0.1) is 10.2 Å². The Kier molecular flexibility index (Phi) is 5.94. The van der Waals surface area contributed by atoms with Crippen molar-refractivity contribution < 1.29 is 4.52 Å². The van der Waals surface area contributed by atoms with E-state index in [1.807, 2.05) is 28.7 Å². The van der Waals surface area contributed by atoms with Crippen molar-refractivity contribution in [3.63, 3.8) is 0 Å². The molecule has 152 valence electrons. The summed E-state index contributed by atoms with van der Waals surface area (Å²) in [5.41, 5.74) is 0.790. The van der Waals surface area contributed by atoms with Gasteiger partial charge in [0.25, 0.3) is 5.56 Å². The van der Waals surface area contributed by atoms with Gasteiger partial charge in [-0.25, -0.2) is 0 Å². The quantitative estimate of drug-likeness (QED) is 0.304. The van der Waals surface area contributed by atoms with Crippen LogP contribution >= 0.6 is 11.8 Å². The summed E-state index contributed by atoms with van der Waals surface area (Å²) in [6, 6.07) is 7.60. The molecule has 0 aliphatic carbocycles. The van der Waals surface area contributed by atoms with Crippen molar-refractivity contribution in [1.82, 2.24) is 29.3 Å². The number of thioether (sulfide) groups is 1. The van der Waals surface area contributed by atoms with Crippen LogP contribution in [0.4, 0.5) is 0 Å². The summed E-state index contributed by atoms with van der Waals surface area (Å²) in [6.07, 6.45) is 4.87. The Morgan fingerprint density at radius 1 is 1.10 bits per heavy atom. The average Bonchev–Trinajstić information content (AvgIpc) is 3.36. The average molecular weight is 413 g/mol. The lowest BCUT2D eigenvalue weighted by atomic mass is 10.2. The second-order valence-electron chi connectivity index (χ2n) is 6.94. The van der Waals surface area contributed by atoms with Gasteiger partial charge in [-0.1, -0.05) is 55.7 Å². The highest BCUT2D eigenvalue weighted by Gasteiger charge is 2.17. The second kappa shape index (κ2) is 8.77. The van der Waals surface area contributed by atoms with Crippen molar-refractivity contribution in [1.29, 1.82) is 0 Å². The maximum atomic E-state index is 13.0. The van der Waals surface area contributed by atoms with Gasteiger partial charge < -0.3 is 4.52 Å². The summed E-state index contributed by atoms with van der Waals surface area (Å²) in [4.78, 5) is 17.4. The minimum absolute atomic E-state index is 0.0192. The molecule has 9 heteroatoms. The standard InChI is InChI=1S/C20H24N6O2S/c1-3-5-8-12-25-18(27)14-10-6-7-11-15(14)26-19(25)22-23-20(26)29-13-17-21-16(9-4-2)24-28-17/h6-7,10-11H,3-5,8-9,12-13H2,1-2H3. The number of aryl methyl sites for hydroxylation is 2. The van der Waals surface area contributed by atoms with Crippen molar-refractivity contribution in [2.24, 2.45) is 0 Å². The van der Waals surface area contributed by atoms with Gasteiger partial charge in [0.05, 0.1) is 16.7 Å². The topological polar surface area (TPSA) is 91.1 Å². The first-order chi connectivity index (χ1) is 14.2. The Labute approximate surface area is 172 Å². The number of rotatable bonds is 9. The third-order valence-electron chi connectivity index (χ3n) is 4.77. The summed E-state index contributed by atoms with van der Waals surface area (Å²) in [5.74, 6) is 2.37. The number of benzene rings is 1. The van der Waals surface area contributed by atoms with Gasteiger partial charge in [-0.05, 0) is 25.0 Å². The maximum absolute atomic E-state index is 13.0. The molecule has 8 nitrogen and oxygen atoms in total. The molecule has 0 amide bonds. The van der Waals surface area contributed by atoms with E-state index in [1.54, 1.807) is 4.57 Å². The normalized spacial score (nSPS) is 11.7. The lowest BCUT2D eigenvalue weighted by Gasteiger charge is -2.10. The monoisotopic (exact) mass is 412 g/mol. The first-order valence-corrected chi connectivity index (χ1v) is 11.0. The largest absolute Gasteiger partial charge is 0.338 e. The SMILES string of the molecule is CCCCCn1c(=O)c2ccccc2n2c(SCc3nc(CCC)no3)nnc12. The minimum Gasteiger partial charge on any atom is -0.338 e. The van der Waals surface area contributed by atoms with Gasteiger partial charge in [-0.3, -0.25) is 13.8 Å². The van der Waals surface area contributed by atoms with Gasteiger partial charge in [0, 0.05) is 13.0 Å². The molecule has 0 bridgehead atoms. The van der Waals surface area contributed by atoms with Gasteiger partial charge in [-0.2, -0.15) is 4.98 Å². The highest BCUT2D eigenvalue weighted by Crippen LogP contribution is 2.24. The maximum Gasteiger partial charge on any atom is 0.262 e. The molecule has 0 unspecified atom stereocenters. The lowest BCUT2D eigenvalue weighted by molar-refractivity contribution is 0.384.